The molecule has 142 valence electrons. The highest BCUT2D eigenvalue weighted by atomic mass is 16.5. The number of nitrogens with one attached hydrogen (secondary N) is 1. The Morgan fingerprint density at radius 3 is 2.67 bits per heavy atom. The van der Waals surface area contributed by atoms with Gasteiger partial charge in [0.15, 0.2) is 0 Å². The van der Waals surface area contributed by atoms with Crippen LogP contribution < -0.4 is 5.32 Å². The fraction of sp³-hybridized carbons (Fsp3) is 0.364. The molecule has 1 saturated heterocycles. The van der Waals surface area contributed by atoms with E-state index >= 15 is 0 Å². The predicted octanol–water partition coefficient (Wildman–Crippen LogP) is 3.48. The average Bonchev–Trinajstić information content (AvgIpc) is 2.65. The molecular weight excluding hydrogens is 340 g/mol. The van der Waals surface area contributed by atoms with Gasteiger partial charge in [0.05, 0.1) is 6.61 Å². The quantitative estimate of drug-likeness (QED) is 0.881. The van der Waals surface area contributed by atoms with E-state index in [0.29, 0.717) is 12.5 Å². The van der Waals surface area contributed by atoms with E-state index in [1.165, 1.54) is 0 Å². The molecule has 0 unspecified atom stereocenters. The van der Waals surface area contributed by atoms with Crippen molar-refractivity contribution < 1.29 is 14.3 Å². The third-order valence-corrected chi connectivity index (χ3v) is 4.79. The highest BCUT2D eigenvalue weighted by molar-refractivity contribution is 5.98. The molecule has 0 saturated carbocycles. The zero-order chi connectivity index (χ0) is 19.4. The molecule has 0 spiro atoms. The van der Waals surface area contributed by atoms with Gasteiger partial charge < -0.3 is 15.0 Å². The normalized spacial score (nSPS) is 17.3. The molecule has 5 nitrogen and oxygen atoms in total. The Labute approximate surface area is 160 Å². The number of aryl methyl sites for hydroxylation is 1. The standard InChI is InChI=1S/C22H26N2O3/c1-15(2)18-5-4-6-19(11-18)23-22(26)20-13-27-14-21(25)24(20)12-17-9-7-16(3)8-10-17/h4-11,15,20H,12-14H2,1-3H3,(H,23,26)/t20-/m0/s1. The second kappa shape index (κ2) is 8.35. The third-order valence-electron chi connectivity index (χ3n) is 4.79. The Morgan fingerprint density at radius 1 is 1.22 bits per heavy atom. The van der Waals surface area contributed by atoms with E-state index in [2.05, 4.69) is 19.2 Å². The first kappa shape index (κ1) is 19.1. The maximum Gasteiger partial charge on any atom is 0.249 e. The highest BCUT2D eigenvalue weighted by Crippen LogP contribution is 2.20. The molecule has 1 atom stereocenters. The van der Waals surface area contributed by atoms with Crippen LogP contribution in [0.4, 0.5) is 5.69 Å². The van der Waals surface area contributed by atoms with Crippen molar-refractivity contribution in [2.24, 2.45) is 0 Å². The lowest BCUT2D eigenvalue weighted by Crippen LogP contribution is -2.54. The van der Waals surface area contributed by atoms with Gasteiger partial charge in [-0.3, -0.25) is 9.59 Å². The molecule has 27 heavy (non-hydrogen) atoms. The molecule has 2 aromatic carbocycles. The van der Waals surface area contributed by atoms with Gasteiger partial charge in [0.2, 0.25) is 11.8 Å². The van der Waals surface area contributed by atoms with Crippen LogP contribution >= 0.6 is 0 Å². The molecule has 1 heterocycles. The number of hydrogen-bond donors (Lipinski definition) is 1. The fourth-order valence-corrected chi connectivity index (χ4v) is 3.11. The van der Waals surface area contributed by atoms with E-state index < -0.39 is 6.04 Å². The lowest BCUT2D eigenvalue weighted by molar-refractivity contribution is -0.154. The summed E-state index contributed by atoms with van der Waals surface area (Å²) < 4.78 is 5.35. The number of nitrogens with zero attached hydrogens (tertiary/aromatic N) is 1. The van der Waals surface area contributed by atoms with Crippen molar-refractivity contribution in [3.05, 3.63) is 65.2 Å². The minimum absolute atomic E-state index is 0.0124. The number of benzene rings is 2. The van der Waals surface area contributed by atoms with Crippen LogP contribution in [0.25, 0.3) is 0 Å². The van der Waals surface area contributed by atoms with Gasteiger partial charge in [-0.1, -0.05) is 55.8 Å². The van der Waals surface area contributed by atoms with Crippen LogP contribution in [0.15, 0.2) is 48.5 Å². The second-order valence-corrected chi connectivity index (χ2v) is 7.31. The van der Waals surface area contributed by atoms with Gasteiger partial charge in [0.25, 0.3) is 0 Å². The van der Waals surface area contributed by atoms with Crippen LogP contribution in [0.2, 0.25) is 0 Å². The summed E-state index contributed by atoms with van der Waals surface area (Å²) in [4.78, 5) is 26.9. The van der Waals surface area contributed by atoms with Crippen molar-refractivity contribution in [3.63, 3.8) is 0 Å². The number of amides is 2. The van der Waals surface area contributed by atoms with Crippen LogP contribution in [0.1, 0.15) is 36.5 Å². The summed E-state index contributed by atoms with van der Waals surface area (Å²) in [6, 6.07) is 15.1. The largest absolute Gasteiger partial charge is 0.369 e. The van der Waals surface area contributed by atoms with E-state index in [4.69, 9.17) is 4.74 Å². The maximum absolute atomic E-state index is 12.9. The Balaban J connectivity index is 1.75. The van der Waals surface area contributed by atoms with Crippen molar-refractivity contribution in [2.75, 3.05) is 18.5 Å². The Bertz CT molecular complexity index is 815. The first-order valence-corrected chi connectivity index (χ1v) is 9.27. The van der Waals surface area contributed by atoms with Crippen molar-refractivity contribution in [3.8, 4) is 0 Å². The van der Waals surface area contributed by atoms with E-state index in [-0.39, 0.29) is 25.0 Å². The number of ether oxygens (including phenoxy) is 1. The Hall–Kier alpha value is -2.66. The minimum atomic E-state index is -0.643. The SMILES string of the molecule is Cc1ccc(CN2C(=O)COC[C@H]2C(=O)Nc2cccc(C(C)C)c2)cc1. The summed E-state index contributed by atoms with van der Waals surface area (Å²) in [7, 11) is 0. The first-order valence-electron chi connectivity index (χ1n) is 9.27. The third kappa shape index (κ3) is 4.74. The van der Waals surface area contributed by atoms with Gasteiger partial charge in [0, 0.05) is 12.2 Å². The van der Waals surface area contributed by atoms with Crippen LogP contribution in [0.5, 0.6) is 0 Å². The lowest BCUT2D eigenvalue weighted by Gasteiger charge is -2.34. The molecule has 0 aromatic heterocycles. The van der Waals surface area contributed by atoms with E-state index in [9.17, 15) is 9.59 Å². The van der Waals surface area contributed by atoms with E-state index in [0.717, 1.165) is 22.4 Å². The molecule has 5 heteroatoms. The molecule has 0 bridgehead atoms. The summed E-state index contributed by atoms with van der Waals surface area (Å²) in [5, 5.41) is 2.94. The van der Waals surface area contributed by atoms with Gasteiger partial charge in [-0.25, -0.2) is 0 Å². The van der Waals surface area contributed by atoms with Crippen molar-refractivity contribution in [1.29, 1.82) is 0 Å². The topological polar surface area (TPSA) is 58.6 Å². The van der Waals surface area contributed by atoms with Gasteiger partial charge in [-0.15, -0.1) is 0 Å². The zero-order valence-corrected chi connectivity index (χ0v) is 16.1. The number of carbonyl (C=O) groups is 2. The van der Waals surface area contributed by atoms with Gasteiger partial charge in [0.1, 0.15) is 12.6 Å². The first-order chi connectivity index (χ1) is 12.9. The Morgan fingerprint density at radius 2 is 1.96 bits per heavy atom. The molecule has 2 aromatic rings. The van der Waals surface area contributed by atoms with Crippen LogP contribution in [0, 0.1) is 6.92 Å². The van der Waals surface area contributed by atoms with Crippen molar-refractivity contribution >= 4 is 17.5 Å². The number of rotatable bonds is 5. The van der Waals surface area contributed by atoms with Crippen molar-refractivity contribution in [1.82, 2.24) is 4.90 Å². The van der Waals surface area contributed by atoms with Gasteiger partial charge in [-0.2, -0.15) is 0 Å². The zero-order valence-electron chi connectivity index (χ0n) is 16.1. The highest BCUT2D eigenvalue weighted by Gasteiger charge is 2.34. The van der Waals surface area contributed by atoms with Crippen LogP contribution in [-0.2, 0) is 20.9 Å². The van der Waals surface area contributed by atoms with Crippen molar-refractivity contribution in [2.45, 2.75) is 39.3 Å². The number of morpholine rings is 1. The molecular formula is C22H26N2O3. The van der Waals surface area contributed by atoms with Gasteiger partial charge in [-0.05, 0) is 36.1 Å². The summed E-state index contributed by atoms with van der Waals surface area (Å²) in [6.45, 7) is 6.85. The Kier molecular flexibility index (Phi) is 5.91. The summed E-state index contributed by atoms with van der Waals surface area (Å²) in [5.74, 6) is -0.0200. The van der Waals surface area contributed by atoms with Crippen LogP contribution in [0.3, 0.4) is 0 Å². The molecule has 0 radical (unpaired) electrons. The molecule has 0 aliphatic carbocycles. The monoisotopic (exact) mass is 366 g/mol. The second-order valence-electron chi connectivity index (χ2n) is 7.31. The number of carbonyl (C=O) groups excluding carboxylic acids is 2. The molecule has 1 fully saturated rings. The average molecular weight is 366 g/mol. The fourth-order valence-electron chi connectivity index (χ4n) is 3.11. The summed E-state index contributed by atoms with van der Waals surface area (Å²) in [5.41, 5.74) is 4.04. The molecule has 3 rings (SSSR count). The summed E-state index contributed by atoms with van der Waals surface area (Å²) >= 11 is 0. The summed E-state index contributed by atoms with van der Waals surface area (Å²) in [6.07, 6.45) is 0. The number of anilines is 1. The molecule has 1 N–H and O–H groups in total. The minimum Gasteiger partial charge on any atom is -0.369 e. The number of hydrogen-bond acceptors (Lipinski definition) is 3. The van der Waals surface area contributed by atoms with Gasteiger partial charge >= 0.3 is 0 Å². The smallest absolute Gasteiger partial charge is 0.249 e. The lowest BCUT2D eigenvalue weighted by atomic mass is 10.0. The molecule has 1 aliphatic rings. The maximum atomic E-state index is 12.9. The molecule has 2 amide bonds. The van der Waals surface area contributed by atoms with E-state index in [1.54, 1.807) is 4.90 Å². The van der Waals surface area contributed by atoms with E-state index in [1.807, 2.05) is 55.5 Å². The predicted molar refractivity (Wildman–Crippen MR) is 105 cm³/mol. The molecule has 1 aliphatic heterocycles. The van der Waals surface area contributed by atoms with Crippen LogP contribution in [-0.4, -0.2) is 36.0 Å².